The van der Waals surface area contributed by atoms with Crippen LogP contribution in [0.3, 0.4) is 0 Å². The van der Waals surface area contributed by atoms with E-state index in [9.17, 15) is 4.79 Å². The van der Waals surface area contributed by atoms with E-state index in [0.29, 0.717) is 13.0 Å². The first-order valence-corrected chi connectivity index (χ1v) is 2.19. The average Bonchev–Trinajstić information content (AvgIpc) is 1.66. The fourth-order valence-electron chi connectivity index (χ4n) is 0.210. The molecule has 0 saturated heterocycles. The molecule has 3 heteroatoms. The Morgan fingerprint density at radius 3 is 2.75 bits per heavy atom. The third-order valence-electron chi connectivity index (χ3n) is 0.465. The second-order valence-electron chi connectivity index (χ2n) is 1.15. The van der Waals surface area contributed by atoms with Crippen LogP contribution < -0.4 is 5.73 Å². The summed E-state index contributed by atoms with van der Waals surface area (Å²) in [5.41, 5.74) is 5.02. The van der Waals surface area contributed by atoms with Crippen molar-refractivity contribution in [3.8, 4) is 11.8 Å². The van der Waals surface area contributed by atoms with E-state index in [4.69, 9.17) is 10.8 Å². The minimum atomic E-state index is -1.10. The molecule has 0 fully saturated rings. The maximum absolute atomic E-state index is 9.66. The first kappa shape index (κ1) is 6.99. The van der Waals surface area contributed by atoms with Gasteiger partial charge in [0, 0.05) is 18.9 Å². The van der Waals surface area contributed by atoms with Gasteiger partial charge in [0.25, 0.3) is 0 Å². The molecule has 0 aliphatic carbocycles. The zero-order chi connectivity index (χ0) is 6.41. The van der Waals surface area contributed by atoms with Crippen LogP contribution in [0.1, 0.15) is 6.42 Å². The Bertz CT molecular complexity index is 131. The molecule has 8 heavy (non-hydrogen) atoms. The van der Waals surface area contributed by atoms with Gasteiger partial charge in [-0.2, -0.15) is 0 Å². The molecule has 0 heterocycles. The predicted molar refractivity (Wildman–Crippen MR) is 29.1 cm³/mol. The molecule has 3 N–H and O–H groups in total. The molecular weight excluding hydrogens is 106 g/mol. The molecule has 0 aliphatic rings. The van der Waals surface area contributed by atoms with E-state index in [1.165, 1.54) is 0 Å². The van der Waals surface area contributed by atoms with Crippen LogP contribution in [-0.4, -0.2) is 17.6 Å². The molecule has 0 saturated carbocycles. The highest BCUT2D eigenvalue weighted by Crippen LogP contribution is 1.65. The Hall–Kier alpha value is -1.01. The second kappa shape index (κ2) is 4.16. The van der Waals surface area contributed by atoms with E-state index in [2.05, 4.69) is 5.92 Å². The summed E-state index contributed by atoms with van der Waals surface area (Å²) in [5.74, 6) is 3.19. The van der Waals surface area contributed by atoms with Gasteiger partial charge in [-0.25, -0.2) is 4.79 Å². The van der Waals surface area contributed by atoms with Crippen molar-refractivity contribution in [1.29, 1.82) is 0 Å². The topological polar surface area (TPSA) is 63.3 Å². The van der Waals surface area contributed by atoms with Crippen molar-refractivity contribution < 1.29 is 9.90 Å². The van der Waals surface area contributed by atoms with Gasteiger partial charge in [0.15, 0.2) is 0 Å². The molecular formula is C5H7NO2. The lowest BCUT2D eigenvalue weighted by atomic mass is 10.4. The number of carbonyl (C=O) groups is 1. The normalized spacial score (nSPS) is 7.12. The van der Waals surface area contributed by atoms with Gasteiger partial charge in [-0.05, 0) is 0 Å². The van der Waals surface area contributed by atoms with Crippen molar-refractivity contribution in [2.75, 3.05) is 6.54 Å². The van der Waals surface area contributed by atoms with Gasteiger partial charge in [0.05, 0.1) is 0 Å². The van der Waals surface area contributed by atoms with E-state index < -0.39 is 5.97 Å². The predicted octanol–water partition coefficient (Wildman–Crippen LogP) is -0.577. The largest absolute Gasteiger partial charge is 0.472 e. The second-order valence-corrected chi connectivity index (χ2v) is 1.15. The molecule has 0 aromatic heterocycles. The molecule has 3 nitrogen and oxygen atoms in total. The van der Waals surface area contributed by atoms with Crippen molar-refractivity contribution in [1.82, 2.24) is 0 Å². The fourth-order valence-corrected chi connectivity index (χ4v) is 0.210. The number of carboxylic acid groups (broad SMARTS) is 1. The van der Waals surface area contributed by atoms with Crippen LogP contribution in [0.15, 0.2) is 0 Å². The van der Waals surface area contributed by atoms with Gasteiger partial charge in [-0.3, -0.25) is 0 Å². The molecule has 0 aliphatic heterocycles. The SMILES string of the molecule is NCCC#CC(=O)O. The van der Waals surface area contributed by atoms with Crippen molar-refractivity contribution in [2.24, 2.45) is 5.73 Å². The summed E-state index contributed by atoms with van der Waals surface area (Å²) >= 11 is 0. The Morgan fingerprint density at radius 2 is 2.38 bits per heavy atom. The Kier molecular flexibility index (Phi) is 3.63. The number of nitrogens with two attached hydrogens (primary N) is 1. The zero-order valence-corrected chi connectivity index (χ0v) is 4.35. The van der Waals surface area contributed by atoms with Crippen molar-refractivity contribution in [2.45, 2.75) is 6.42 Å². The third kappa shape index (κ3) is 4.99. The quantitative estimate of drug-likeness (QED) is 0.447. The van der Waals surface area contributed by atoms with E-state index in [-0.39, 0.29) is 0 Å². The highest BCUT2D eigenvalue weighted by atomic mass is 16.4. The van der Waals surface area contributed by atoms with Crippen molar-refractivity contribution in [3.63, 3.8) is 0 Å². The highest BCUT2D eigenvalue weighted by Gasteiger charge is 1.79. The minimum Gasteiger partial charge on any atom is -0.472 e. The van der Waals surface area contributed by atoms with Crippen LogP contribution >= 0.6 is 0 Å². The number of aliphatic carboxylic acids is 1. The molecule has 0 aromatic carbocycles. The third-order valence-corrected chi connectivity index (χ3v) is 0.465. The summed E-state index contributed by atoms with van der Waals surface area (Å²) in [4.78, 5) is 9.66. The van der Waals surface area contributed by atoms with E-state index in [1.807, 2.05) is 5.92 Å². The maximum Gasteiger partial charge on any atom is 0.381 e. The highest BCUT2D eigenvalue weighted by molar-refractivity contribution is 5.86. The summed E-state index contributed by atoms with van der Waals surface area (Å²) in [6.07, 6.45) is 0.451. The van der Waals surface area contributed by atoms with E-state index in [1.54, 1.807) is 0 Å². The number of hydrogen-bond acceptors (Lipinski definition) is 2. The van der Waals surface area contributed by atoms with Crippen LogP contribution in [0.4, 0.5) is 0 Å². The smallest absolute Gasteiger partial charge is 0.381 e. The van der Waals surface area contributed by atoms with Gasteiger partial charge >= 0.3 is 5.97 Å². The first-order chi connectivity index (χ1) is 3.77. The number of carboxylic acids is 1. The van der Waals surface area contributed by atoms with Gasteiger partial charge in [-0.1, -0.05) is 5.92 Å². The Morgan fingerprint density at radius 1 is 1.75 bits per heavy atom. The molecule has 0 rings (SSSR count). The van der Waals surface area contributed by atoms with Gasteiger partial charge < -0.3 is 10.8 Å². The molecule has 0 amide bonds. The summed E-state index contributed by atoms with van der Waals surface area (Å²) in [7, 11) is 0. The summed E-state index contributed by atoms with van der Waals surface area (Å²) < 4.78 is 0. The number of rotatable bonds is 1. The fraction of sp³-hybridized carbons (Fsp3) is 0.400. The molecule has 0 aromatic rings. The van der Waals surface area contributed by atoms with Crippen LogP contribution in [-0.2, 0) is 4.79 Å². The van der Waals surface area contributed by atoms with Crippen LogP contribution in [0.5, 0.6) is 0 Å². The molecule has 0 atom stereocenters. The average molecular weight is 113 g/mol. The van der Waals surface area contributed by atoms with Gasteiger partial charge in [0.2, 0.25) is 0 Å². The molecule has 0 spiro atoms. The van der Waals surface area contributed by atoms with Crippen LogP contribution in [0.2, 0.25) is 0 Å². The lowest BCUT2D eigenvalue weighted by Crippen LogP contribution is -1.96. The molecule has 0 radical (unpaired) electrons. The first-order valence-electron chi connectivity index (χ1n) is 2.19. The van der Waals surface area contributed by atoms with Crippen molar-refractivity contribution in [3.05, 3.63) is 0 Å². The lowest BCUT2D eigenvalue weighted by molar-refractivity contribution is -0.130. The molecule has 0 unspecified atom stereocenters. The van der Waals surface area contributed by atoms with Crippen molar-refractivity contribution >= 4 is 5.97 Å². The summed E-state index contributed by atoms with van der Waals surface area (Å²) in [5, 5.41) is 7.93. The maximum atomic E-state index is 9.66. The Balaban J connectivity index is 3.35. The molecule has 44 valence electrons. The Labute approximate surface area is 47.5 Å². The standard InChI is InChI=1S/C5H7NO2/c6-4-2-1-3-5(7)8/h2,4,6H2,(H,7,8). The molecule has 0 bridgehead atoms. The number of hydrogen-bond donors (Lipinski definition) is 2. The van der Waals surface area contributed by atoms with Gasteiger partial charge in [-0.15, -0.1) is 0 Å². The summed E-state index contributed by atoms with van der Waals surface area (Å²) in [6, 6.07) is 0. The van der Waals surface area contributed by atoms with E-state index >= 15 is 0 Å². The van der Waals surface area contributed by atoms with Crippen LogP contribution in [0.25, 0.3) is 0 Å². The monoisotopic (exact) mass is 113 g/mol. The summed E-state index contributed by atoms with van der Waals surface area (Å²) in [6.45, 7) is 0.417. The van der Waals surface area contributed by atoms with Gasteiger partial charge in [0.1, 0.15) is 0 Å². The lowest BCUT2D eigenvalue weighted by Gasteiger charge is -1.75. The minimum absolute atomic E-state index is 0.417. The van der Waals surface area contributed by atoms with E-state index in [0.717, 1.165) is 0 Å². The zero-order valence-electron chi connectivity index (χ0n) is 4.35. The van der Waals surface area contributed by atoms with Crippen LogP contribution in [0, 0.1) is 11.8 Å².